The van der Waals surface area contributed by atoms with Gasteiger partial charge >= 0.3 is 0 Å². The van der Waals surface area contributed by atoms with Crippen molar-refractivity contribution in [3.05, 3.63) is 47.0 Å². The molecule has 13 heavy (non-hydrogen) atoms. The third-order valence-electron chi connectivity index (χ3n) is 2.54. The molecule has 0 saturated carbocycles. The van der Waals surface area contributed by atoms with E-state index in [2.05, 4.69) is 39.5 Å². The summed E-state index contributed by atoms with van der Waals surface area (Å²) in [6.45, 7) is 10.3. The van der Waals surface area contributed by atoms with Crippen LogP contribution in [-0.4, -0.2) is 0 Å². The molecule has 0 unspecified atom stereocenters. The molecular weight excluding hydrogens is 156 g/mol. The van der Waals surface area contributed by atoms with Crippen LogP contribution < -0.4 is 0 Å². The lowest BCUT2D eigenvalue weighted by Gasteiger charge is -2.09. The first-order valence-electron chi connectivity index (χ1n) is 4.89. The molecule has 0 atom stereocenters. The van der Waals surface area contributed by atoms with E-state index >= 15 is 0 Å². The van der Waals surface area contributed by atoms with Crippen LogP contribution in [0.3, 0.4) is 0 Å². The molecule has 0 N–H and O–H groups in total. The van der Waals surface area contributed by atoms with E-state index in [4.69, 9.17) is 0 Å². The molecule has 0 aliphatic carbocycles. The highest BCUT2D eigenvalue weighted by molar-refractivity contribution is 5.38. The van der Waals surface area contributed by atoms with Gasteiger partial charge in [0.15, 0.2) is 0 Å². The fourth-order valence-corrected chi connectivity index (χ4v) is 1.69. The number of allylic oxidation sites excluding steroid dienone is 1. The van der Waals surface area contributed by atoms with Crippen molar-refractivity contribution >= 4 is 0 Å². The maximum Gasteiger partial charge on any atom is -0.00974 e. The Hall–Kier alpha value is -1.04. The number of hydrogen-bond acceptors (Lipinski definition) is 0. The van der Waals surface area contributed by atoms with Gasteiger partial charge in [-0.2, -0.15) is 0 Å². The third-order valence-corrected chi connectivity index (χ3v) is 2.54. The average molecular weight is 174 g/mol. The zero-order valence-corrected chi connectivity index (χ0v) is 8.85. The molecule has 0 heteroatoms. The minimum atomic E-state index is 0.983. The molecule has 0 amide bonds. The van der Waals surface area contributed by atoms with E-state index in [1.807, 2.05) is 6.08 Å². The topological polar surface area (TPSA) is 0 Å². The zero-order chi connectivity index (χ0) is 9.84. The fourth-order valence-electron chi connectivity index (χ4n) is 1.69. The normalized spacial score (nSPS) is 10.1. The molecule has 0 aliphatic heterocycles. The van der Waals surface area contributed by atoms with Crippen LogP contribution in [0.5, 0.6) is 0 Å². The molecule has 0 saturated heterocycles. The molecule has 0 aliphatic rings. The molecule has 70 valence electrons. The molecule has 0 fully saturated rings. The summed E-state index contributed by atoms with van der Waals surface area (Å²) in [5, 5.41) is 0. The van der Waals surface area contributed by atoms with Crippen molar-refractivity contribution < 1.29 is 0 Å². The third kappa shape index (κ3) is 2.21. The van der Waals surface area contributed by atoms with Gasteiger partial charge in [0.1, 0.15) is 0 Å². The van der Waals surface area contributed by atoms with Crippen LogP contribution in [0.25, 0.3) is 0 Å². The minimum absolute atomic E-state index is 0.983. The SMILES string of the molecule is C=CCc1cc(C)c(CC)cc1C. The molecule has 0 aromatic heterocycles. The summed E-state index contributed by atoms with van der Waals surface area (Å²) in [5.41, 5.74) is 5.67. The summed E-state index contributed by atoms with van der Waals surface area (Å²) < 4.78 is 0. The van der Waals surface area contributed by atoms with Crippen molar-refractivity contribution in [2.45, 2.75) is 33.6 Å². The first-order valence-corrected chi connectivity index (χ1v) is 4.89. The summed E-state index contributed by atoms with van der Waals surface area (Å²) in [7, 11) is 0. The Morgan fingerprint density at radius 2 is 1.69 bits per heavy atom. The molecule has 0 nitrogen and oxygen atoms in total. The van der Waals surface area contributed by atoms with Crippen molar-refractivity contribution in [3.8, 4) is 0 Å². The first-order chi connectivity index (χ1) is 6.19. The number of rotatable bonds is 3. The standard InChI is InChI=1S/C13H18/c1-5-7-13-9-10(3)12(6-2)8-11(13)4/h5,8-9H,1,6-7H2,2-4H3. The molecule has 0 radical (unpaired) electrons. The summed E-state index contributed by atoms with van der Waals surface area (Å²) in [6, 6.07) is 4.59. The fraction of sp³-hybridized carbons (Fsp3) is 0.385. The average Bonchev–Trinajstić information content (AvgIpc) is 2.11. The van der Waals surface area contributed by atoms with E-state index in [-0.39, 0.29) is 0 Å². The Kier molecular flexibility index (Phi) is 3.30. The van der Waals surface area contributed by atoms with Crippen LogP contribution in [0.15, 0.2) is 24.8 Å². The van der Waals surface area contributed by atoms with E-state index in [0.29, 0.717) is 0 Å². The van der Waals surface area contributed by atoms with Gasteiger partial charge in [0, 0.05) is 0 Å². The Morgan fingerprint density at radius 1 is 1.15 bits per heavy atom. The van der Waals surface area contributed by atoms with Crippen molar-refractivity contribution in [1.82, 2.24) is 0 Å². The maximum absolute atomic E-state index is 3.77. The van der Waals surface area contributed by atoms with Crippen LogP contribution in [-0.2, 0) is 12.8 Å². The summed E-state index contributed by atoms with van der Waals surface area (Å²) >= 11 is 0. The minimum Gasteiger partial charge on any atom is -0.103 e. The van der Waals surface area contributed by atoms with Gasteiger partial charge < -0.3 is 0 Å². The predicted octanol–water partition coefficient (Wildman–Crippen LogP) is 3.59. The van der Waals surface area contributed by atoms with Crippen LogP contribution in [0.1, 0.15) is 29.2 Å². The van der Waals surface area contributed by atoms with E-state index in [1.54, 1.807) is 0 Å². The molecule has 1 aromatic carbocycles. The second kappa shape index (κ2) is 4.27. The Bertz CT molecular complexity index is 308. The van der Waals surface area contributed by atoms with Crippen molar-refractivity contribution in [2.75, 3.05) is 0 Å². The molecular formula is C13H18. The predicted molar refractivity (Wildman–Crippen MR) is 59.2 cm³/mol. The summed E-state index contributed by atoms with van der Waals surface area (Å²) in [6.07, 6.45) is 4.07. The van der Waals surface area contributed by atoms with E-state index < -0.39 is 0 Å². The largest absolute Gasteiger partial charge is 0.103 e. The highest BCUT2D eigenvalue weighted by Gasteiger charge is 2.01. The van der Waals surface area contributed by atoms with Crippen molar-refractivity contribution in [3.63, 3.8) is 0 Å². The Balaban J connectivity index is 3.12. The molecule has 1 rings (SSSR count). The number of hydrogen-bond donors (Lipinski definition) is 0. The van der Waals surface area contributed by atoms with Gasteiger partial charge in [-0.25, -0.2) is 0 Å². The maximum atomic E-state index is 3.77. The smallest absolute Gasteiger partial charge is 0.00974 e. The highest BCUT2D eigenvalue weighted by Crippen LogP contribution is 2.17. The zero-order valence-electron chi connectivity index (χ0n) is 8.85. The molecule has 0 spiro atoms. The van der Waals surface area contributed by atoms with Gasteiger partial charge in [-0.05, 0) is 48.9 Å². The lowest BCUT2D eigenvalue weighted by atomic mass is 9.97. The lowest BCUT2D eigenvalue weighted by molar-refractivity contribution is 1.08. The highest BCUT2D eigenvalue weighted by atomic mass is 14.1. The van der Waals surface area contributed by atoms with Crippen LogP contribution >= 0.6 is 0 Å². The van der Waals surface area contributed by atoms with Crippen molar-refractivity contribution in [1.29, 1.82) is 0 Å². The van der Waals surface area contributed by atoms with Crippen LogP contribution in [0.4, 0.5) is 0 Å². The number of aryl methyl sites for hydroxylation is 3. The van der Waals surface area contributed by atoms with Gasteiger partial charge in [0.05, 0.1) is 0 Å². The van der Waals surface area contributed by atoms with E-state index in [0.717, 1.165) is 12.8 Å². The molecule has 0 heterocycles. The van der Waals surface area contributed by atoms with Crippen molar-refractivity contribution in [2.24, 2.45) is 0 Å². The summed E-state index contributed by atoms with van der Waals surface area (Å²) in [4.78, 5) is 0. The monoisotopic (exact) mass is 174 g/mol. The van der Waals surface area contributed by atoms with Gasteiger partial charge in [0.2, 0.25) is 0 Å². The van der Waals surface area contributed by atoms with Crippen LogP contribution in [0, 0.1) is 13.8 Å². The molecule has 0 bridgehead atoms. The van der Waals surface area contributed by atoms with Gasteiger partial charge in [-0.1, -0.05) is 25.1 Å². The van der Waals surface area contributed by atoms with E-state index in [9.17, 15) is 0 Å². The quantitative estimate of drug-likeness (QED) is 0.614. The Morgan fingerprint density at radius 3 is 2.23 bits per heavy atom. The van der Waals surface area contributed by atoms with E-state index in [1.165, 1.54) is 22.3 Å². The second-order valence-corrected chi connectivity index (χ2v) is 3.55. The van der Waals surface area contributed by atoms with Gasteiger partial charge in [-0.15, -0.1) is 6.58 Å². The number of benzene rings is 1. The van der Waals surface area contributed by atoms with Gasteiger partial charge in [-0.3, -0.25) is 0 Å². The van der Waals surface area contributed by atoms with Crippen LogP contribution in [0.2, 0.25) is 0 Å². The summed E-state index contributed by atoms with van der Waals surface area (Å²) in [5.74, 6) is 0. The Labute approximate surface area is 81.3 Å². The first kappa shape index (κ1) is 10.0. The lowest BCUT2D eigenvalue weighted by Crippen LogP contribution is -1.93. The van der Waals surface area contributed by atoms with Gasteiger partial charge in [0.25, 0.3) is 0 Å². The molecule has 1 aromatic rings. The second-order valence-electron chi connectivity index (χ2n) is 3.55.